The molecule has 0 radical (unpaired) electrons. The molecule has 1 aromatic rings. The summed E-state index contributed by atoms with van der Waals surface area (Å²) >= 11 is 1.58. The van der Waals surface area contributed by atoms with Gasteiger partial charge < -0.3 is 10.4 Å². The van der Waals surface area contributed by atoms with E-state index in [0.29, 0.717) is 0 Å². The lowest BCUT2D eigenvalue weighted by Crippen LogP contribution is -2.07. The predicted molar refractivity (Wildman–Crippen MR) is 72.6 cm³/mol. The molecule has 1 rings (SSSR count). The molecule has 0 fully saturated rings. The second kappa shape index (κ2) is 7.50. The number of aryl methyl sites for hydroxylation is 1. The number of hydrogen-bond acceptors (Lipinski definition) is 5. The quantitative estimate of drug-likeness (QED) is 0.578. The standard InChI is InChI=1S/C12H21N3OS/c1-4-6-10-14-11(13-5-2)7-12(15-10)17-9(3)8-16/h7,9,16H,4-6,8H2,1-3H3,(H,13,14,15). The third-order valence-electron chi connectivity index (χ3n) is 2.16. The summed E-state index contributed by atoms with van der Waals surface area (Å²) in [6, 6.07) is 1.94. The van der Waals surface area contributed by atoms with E-state index < -0.39 is 0 Å². The maximum atomic E-state index is 9.06. The first kappa shape index (κ1) is 14.3. The van der Waals surface area contributed by atoms with Crippen molar-refractivity contribution >= 4 is 17.6 Å². The van der Waals surface area contributed by atoms with Crippen LogP contribution in [-0.4, -0.2) is 33.5 Å². The zero-order valence-electron chi connectivity index (χ0n) is 10.7. The van der Waals surface area contributed by atoms with Crippen molar-refractivity contribution in [1.82, 2.24) is 9.97 Å². The number of aliphatic hydroxyl groups is 1. The first-order valence-electron chi connectivity index (χ1n) is 6.08. The van der Waals surface area contributed by atoms with Crippen LogP contribution in [-0.2, 0) is 6.42 Å². The minimum absolute atomic E-state index is 0.161. The average molecular weight is 255 g/mol. The molecule has 0 aliphatic rings. The lowest BCUT2D eigenvalue weighted by Gasteiger charge is -2.10. The average Bonchev–Trinajstić information content (AvgIpc) is 2.29. The molecule has 1 unspecified atom stereocenters. The van der Waals surface area contributed by atoms with Crippen LogP contribution in [0.2, 0.25) is 0 Å². The molecule has 0 saturated carbocycles. The lowest BCUT2D eigenvalue weighted by molar-refractivity contribution is 0.300. The van der Waals surface area contributed by atoms with Gasteiger partial charge in [0.25, 0.3) is 0 Å². The molecule has 0 spiro atoms. The summed E-state index contributed by atoms with van der Waals surface area (Å²) in [5, 5.41) is 13.4. The van der Waals surface area contributed by atoms with E-state index in [1.54, 1.807) is 11.8 Å². The van der Waals surface area contributed by atoms with Gasteiger partial charge in [0.05, 0.1) is 6.61 Å². The molecular formula is C12H21N3OS. The van der Waals surface area contributed by atoms with E-state index in [2.05, 4.69) is 22.2 Å². The first-order chi connectivity index (χ1) is 8.19. The van der Waals surface area contributed by atoms with Gasteiger partial charge in [0, 0.05) is 24.3 Å². The highest BCUT2D eigenvalue weighted by molar-refractivity contribution is 7.99. The fourth-order valence-electron chi connectivity index (χ4n) is 1.38. The molecule has 96 valence electrons. The Morgan fingerprint density at radius 3 is 2.76 bits per heavy atom. The van der Waals surface area contributed by atoms with E-state index in [1.807, 2.05) is 19.9 Å². The highest BCUT2D eigenvalue weighted by Gasteiger charge is 2.08. The summed E-state index contributed by atoms with van der Waals surface area (Å²) < 4.78 is 0. The van der Waals surface area contributed by atoms with Crippen molar-refractivity contribution in [2.45, 2.75) is 43.9 Å². The van der Waals surface area contributed by atoms with Crippen LogP contribution >= 0.6 is 11.8 Å². The molecule has 1 aromatic heterocycles. The minimum atomic E-state index is 0.161. The lowest BCUT2D eigenvalue weighted by atomic mass is 10.3. The summed E-state index contributed by atoms with van der Waals surface area (Å²) in [4.78, 5) is 8.94. The third-order valence-corrected chi connectivity index (χ3v) is 3.16. The molecule has 0 aliphatic carbocycles. The maximum Gasteiger partial charge on any atom is 0.132 e. The number of thioether (sulfide) groups is 1. The van der Waals surface area contributed by atoms with Crippen LogP contribution in [0.15, 0.2) is 11.1 Å². The van der Waals surface area contributed by atoms with Crippen molar-refractivity contribution in [3.63, 3.8) is 0 Å². The molecule has 4 nitrogen and oxygen atoms in total. The van der Waals surface area contributed by atoms with Crippen molar-refractivity contribution < 1.29 is 5.11 Å². The van der Waals surface area contributed by atoms with Gasteiger partial charge in [0.1, 0.15) is 16.7 Å². The Bertz CT molecular complexity index is 322. The first-order valence-corrected chi connectivity index (χ1v) is 6.96. The summed E-state index contributed by atoms with van der Waals surface area (Å²) in [6.45, 7) is 7.16. The summed E-state index contributed by atoms with van der Waals surface area (Å²) in [5.74, 6) is 1.75. The molecule has 0 bridgehead atoms. The van der Waals surface area contributed by atoms with Gasteiger partial charge in [-0.2, -0.15) is 0 Å². The van der Waals surface area contributed by atoms with Gasteiger partial charge in [0.15, 0.2) is 0 Å². The fourth-order valence-corrected chi connectivity index (χ4v) is 2.21. The Morgan fingerprint density at radius 2 is 2.18 bits per heavy atom. The molecule has 0 saturated heterocycles. The monoisotopic (exact) mass is 255 g/mol. The van der Waals surface area contributed by atoms with Crippen molar-refractivity contribution in [2.24, 2.45) is 0 Å². The summed E-state index contributed by atoms with van der Waals surface area (Å²) in [7, 11) is 0. The zero-order valence-corrected chi connectivity index (χ0v) is 11.5. The van der Waals surface area contributed by atoms with Crippen LogP contribution in [0, 0.1) is 0 Å². The topological polar surface area (TPSA) is 58.0 Å². The highest BCUT2D eigenvalue weighted by Crippen LogP contribution is 2.23. The van der Waals surface area contributed by atoms with Crippen molar-refractivity contribution in [3.05, 3.63) is 11.9 Å². The molecule has 2 N–H and O–H groups in total. The van der Waals surface area contributed by atoms with E-state index in [1.165, 1.54) is 0 Å². The Kier molecular flexibility index (Phi) is 6.29. The van der Waals surface area contributed by atoms with Gasteiger partial charge in [-0.1, -0.05) is 13.8 Å². The number of aromatic nitrogens is 2. The molecular weight excluding hydrogens is 234 g/mol. The number of nitrogens with zero attached hydrogens (tertiary/aromatic N) is 2. The fraction of sp³-hybridized carbons (Fsp3) is 0.667. The van der Waals surface area contributed by atoms with Crippen molar-refractivity contribution in [3.8, 4) is 0 Å². The van der Waals surface area contributed by atoms with Gasteiger partial charge >= 0.3 is 0 Å². The second-order valence-electron chi connectivity index (χ2n) is 3.90. The molecule has 0 aliphatic heterocycles. The number of nitrogens with one attached hydrogen (secondary N) is 1. The van der Waals surface area contributed by atoms with Crippen LogP contribution in [0.5, 0.6) is 0 Å². The number of aliphatic hydroxyl groups excluding tert-OH is 1. The molecule has 1 heterocycles. The van der Waals surface area contributed by atoms with Crippen LogP contribution in [0.25, 0.3) is 0 Å². The van der Waals surface area contributed by atoms with E-state index in [-0.39, 0.29) is 11.9 Å². The Hall–Kier alpha value is -0.810. The number of anilines is 1. The minimum Gasteiger partial charge on any atom is -0.395 e. The maximum absolute atomic E-state index is 9.06. The molecule has 17 heavy (non-hydrogen) atoms. The number of hydrogen-bond donors (Lipinski definition) is 2. The van der Waals surface area contributed by atoms with E-state index >= 15 is 0 Å². The predicted octanol–water partition coefficient (Wildman–Crippen LogP) is 2.33. The van der Waals surface area contributed by atoms with E-state index in [9.17, 15) is 0 Å². The smallest absolute Gasteiger partial charge is 0.132 e. The number of rotatable bonds is 7. The third kappa shape index (κ3) is 4.91. The van der Waals surface area contributed by atoms with Gasteiger partial charge in [0.2, 0.25) is 0 Å². The molecule has 1 atom stereocenters. The van der Waals surface area contributed by atoms with Crippen LogP contribution in [0.4, 0.5) is 5.82 Å². The van der Waals surface area contributed by atoms with E-state index in [4.69, 9.17) is 5.11 Å². The van der Waals surface area contributed by atoms with Gasteiger partial charge in [-0.3, -0.25) is 0 Å². The summed E-state index contributed by atoms with van der Waals surface area (Å²) in [6.07, 6.45) is 1.93. The van der Waals surface area contributed by atoms with Crippen LogP contribution < -0.4 is 5.32 Å². The highest BCUT2D eigenvalue weighted by atomic mass is 32.2. The van der Waals surface area contributed by atoms with Crippen molar-refractivity contribution in [1.29, 1.82) is 0 Å². The normalized spacial score (nSPS) is 12.5. The van der Waals surface area contributed by atoms with Crippen LogP contribution in [0.1, 0.15) is 33.0 Å². The largest absolute Gasteiger partial charge is 0.395 e. The van der Waals surface area contributed by atoms with Crippen LogP contribution in [0.3, 0.4) is 0 Å². The molecule has 0 amide bonds. The Balaban J connectivity index is 2.86. The van der Waals surface area contributed by atoms with Crippen molar-refractivity contribution in [2.75, 3.05) is 18.5 Å². The van der Waals surface area contributed by atoms with Gasteiger partial charge in [-0.05, 0) is 13.3 Å². The van der Waals surface area contributed by atoms with Gasteiger partial charge in [-0.25, -0.2) is 9.97 Å². The zero-order chi connectivity index (χ0) is 12.7. The molecule has 0 aromatic carbocycles. The summed E-state index contributed by atoms with van der Waals surface area (Å²) in [5.41, 5.74) is 0. The molecule has 5 heteroatoms. The Labute approximate surface area is 107 Å². The van der Waals surface area contributed by atoms with E-state index in [0.717, 1.165) is 36.1 Å². The SMILES string of the molecule is CCCc1nc(NCC)cc(SC(C)CO)n1. The van der Waals surface area contributed by atoms with Gasteiger partial charge in [-0.15, -0.1) is 11.8 Å². The second-order valence-corrected chi connectivity index (χ2v) is 5.36. The Morgan fingerprint density at radius 1 is 1.41 bits per heavy atom.